The molecule has 0 spiro atoms. The number of carbonyl (C=O) groups excluding carboxylic acids is 1. The van der Waals surface area contributed by atoms with Crippen molar-refractivity contribution in [1.82, 2.24) is 15.1 Å². The van der Waals surface area contributed by atoms with Gasteiger partial charge in [-0.15, -0.1) is 0 Å². The monoisotopic (exact) mass is 340 g/mol. The van der Waals surface area contributed by atoms with Gasteiger partial charge in [0.2, 0.25) is 0 Å². The van der Waals surface area contributed by atoms with Crippen LogP contribution in [0.15, 0.2) is 22.3 Å². The van der Waals surface area contributed by atoms with E-state index in [0.717, 1.165) is 50.7 Å². The standard InChI is InChI=1S/C20H28N4O/c1-13-5-3-4-6-17(13)19(21-2)20(25)24(15-7-8-15)16-9-10-18-14(11-16)12-22-23-18/h12,15-16H,3-11H2,1-2H3,(H,22,23). The predicted molar refractivity (Wildman–Crippen MR) is 98.8 cm³/mol. The van der Waals surface area contributed by atoms with Crippen molar-refractivity contribution in [2.75, 3.05) is 7.05 Å². The molecule has 4 rings (SSSR count). The first-order chi connectivity index (χ1) is 12.2. The molecule has 1 aromatic heterocycles. The Hall–Kier alpha value is -1.91. The number of aromatic amines is 1. The van der Waals surface area contributed by atoms with Gasteiger partial charge in [-0.05, 0) is 75.8 Å². The Morgan fingerprint density at radius 1 is 1.20 bits per heavy atom. The van der Waals surface area contributed by atoms with Crippen LogP contribution in [0, 0.1) is 0 Å². The number of carbonyl (C=O) groups is 1. The summed E-state index contributed by atoms with van der Waals surface area (Å²) in [5.74, 6) is 0.165. The van der Waals surface area contributed by atoms with E-state index in [0.29, 0.717) is 6.04 Å². The fourth-order valence-corrected chi connectivity index (χ4v) is 4.48. The Morgan fingerprint density at radius 3 is 2.72 bits per heavy atom. The quantitative estimate of drug-likeness (QED) is 0.856. The zero-order chi connectivity index (χ0) is 17.4. The van der Waals surface area contributed by atoms with Gasteiger partial charge in [-0.25, -0.2) is 0 Å². The number of aliphatic imine (C=N–C) groups is 1. The number of nitrogens with zero attached hydrogens (tertiary/aromatic N) is 3. The Labute approximate surface area is 149 Å². The smallest absolute Gasteiger partial charge is 0.272 e. The van der Waals surface area contributed by atoms with E-state index in [1.807, 2.05) is 6.20 Å². The minimum absolute atomic E-state index is 0.165. The molecule has 1 saturated carbocycles. The molecule has 1 N–H and O–H groups in total. The summed E-state index contributed by atoms with van der Waals surface area (Å²) in [6.07, 6.45) is 11.6. The Morgan fingerprint density at radius 2 is 2.00 bits per heavy atom. The zero-order valence-electron chi connectivity index (χ0n) is 15.3. The summed E-state index contributed by atoms with van der Waals surface area (Å²) in [6.45, 7) is 2.17. The maximum absolute atomic E-state index is 13.5. The fourth-order valence-electron chi connectivity index (χ4n) is 4.48. The lowest BCUT2D eigenvalue weighted by Crippen LogP contribution is -2.48. The van der Waals surface area contributed by atoms with Crippen molar-refractivity contribution in [1.29, 1.82) is 0 Å². The third-order valence-corrected chi connectivity index (χ3v) is 6.01. The van der Waals surface area contributed by atoms with Crippen LogP contribution < -0.4 is 0 Å². The number of fused-ring (bicyclic) bond motifs is 1. The number of nitrogens with one attached hydrogen (secondary N) is 1. The van der Waals surface area contributed by atoms with E-state index in [9.17, 15) is 4.79 Å². The summed E-state index contributed by atoms with van der Waals surface area (Å²) in [4.78, 5) is 20.1. The highest BCUT2D eigenvalue weighted by Crippen LogP contribution is 2.35. The van der Waals surface area contributed by atoms with Crippen LogP contribution in [-0.4, -0.2) is 45.8 Å². The lowest BCUT2D eigenvalue weighted by molar-refractivity contribution is -0.127. The van der Waals surface area contributed by atoms with Gasteiger partial charge in [-0.1, -0.05) is 5.57 Å². The second kappa shape index (κ2) is 6.77. The molecule has 1 unspecified atom stereocenters. The van der Waals surface area contributed by atoms with Crippen LogP contribution in [0.2, 0.25) is 0 Å². The molecule has 1 amide bonds. The number of hydrogen-bond donors (Lipinski definition) is 1. The molecule has 3 aliphatic carbocycles. The normalized spacial score (nSPS) is 24.2. The zero-order valence-corrected chi connectivity index (χ0v) is 15.3. The number of H-pyrrole nitrogens is 1. The third kappa shape index (κ3) is 3.16. The summed E-state index contributed by atoms with van der Waals surface area (Å²) in [7, 11) is 1.78. The third-order valence-electron chi connectivity index (χ3n) is 6.01. The molecule has 0 bridgehead atoms. The van der Waals surface area contributed by atoms with E-state index in [4.69, 9.17) is 0 Å². The number of amides is 1. The second-order valence-corrected chi connectivity index (χ2v) is 7.75. The summed E-state index contributed by atoms with van der Waals surface area (Å²) in [5.41, 5.74) is 5.82. The van der Waals surface area contributed by atoms with Crippen LogP contribution in [0.3, 0.4) is 0 Å². The van der Waals surface area contributed by atoms with Gasteiger partial charge >= 0.3 is 0 Å². The van der Waals surface area contributed by atoms with E-state index in [2.05, 4.69) is 27.0 Å². The van der Waals surface area contributed by atoms with E-state index >= 15 is 0 Å². The maximum atomic E-state index is 13.5. The number of aryl methyl sites for hydroxylation is 1. The summed E-state index contributed by atoms with van der Waals surface area (Å²) < 4.78 is 0. The molecule has 1 fully saturated rings. The largest absolute Gasteiger partial charge is 0.331 e. The molecule has 0 aliphatic heterocycles. The minimum Gasteiger partial charge on any atom is -0.331 e. The van der Waals surface area contributed by atoms with Crippen molar-refractivity contribution in [3.8, 4) is 0 Å². The van der Waals surface area contributed by atoms with Crippen LogP contribution in [0.1, 0.15) is 63.1 Å². The Bertz CT molecular complexity index is 726. The van der Waals surface area contributed by atoms with E-state index in [1.165, 1.54) is 35.2 Å². The minimum atomic E-state index is 0.165. The van der Waals surface area contributed by atoms with Crippen molar-refractivity contribution >= 4 is 11.6 Å². The Kier molecular flexibility index (Phi) is 4.48. The molecule has 1 aromatic rings. The highest BCUT2D eigenvalue weighted by atomic mass is 16.2. The number of aromatic nitrogens is 2. The first-order valence-electron chi connectivity index (χ1n) is 9.68. The van der Waals surface area contributed by atoms with Gasteiger partial charge in [0.05, 0.1) is 6.20 Å². The SMILES string of the molecule is CN=C(C(=O)N(C1CC1)C1CCc2[nH]ncc2C1)C1=C(C)CCCC1. The van der Waals surface area contributed by atoms with E-state index in [1.54, 1.807) is 7.05 Å². The first-order valence-corrected chi connectivity index (χ1v) is 9.68. The highest BCUT2D eigenvalue weighted by molar-refractivity contribution is 6.45. The van der Waals surface area contributed by atoms with Crippen molar-refractivity contribution in [2.24, 2.45) is 4.99 Å². The van der Waals surface area contributed by atoms with Crippen LogP contribution in [0.5, 0.6) is 0 Å². The molecule has 5 nitrogen and oxygen atoms in total. The van der Waals surface area contributed by atoms with Gasteiger partial charge in [0.1, 0.15) is 5.71 Å². The molecular weight excluding hydrogens is 312 g/mol. The van der Waals surface area contributed by atoms with Gasteiger partial charge in [-0.2, -0.15) is 5.10 Å². The van der Waals surface area contributed by atoms with Crippen molar-refractivity contribution in [3.63, 3.8) is 0 Å². The average Bonchev–Trinajstić information content (AvgIpc) is 3.33. The topological polar surface area (TPSA) is 61.4 Å². The van der Waals surface area contributed by atoms with Crippen LogP contribution >= 0.6 is 0 Å². The molecule has 25 heavy (non-hydrogen) atoms. The molecule has 0 aromatic carbocycles. The van der Waals surface area contributed by atoms with E-state index in [-0.39, 0.29) is 11.9 Å². The molecule has 0 radical (unpaired) electrons. The number of allylic oxidation sites excluding steroid dienone is 1. The van der Waals surface area contributed by atoms with Crippen LogP contribution in [0.25, 0.3) is 0 Å². The lowest BCUT2D eigenvalue weighted by atomic mass is 9.88. The summed E-state index contributed by atoms with van der Waals surface area (Å²) >= 11 is 0. The van der Waals surface area contributed by atoms with Gasteiger partial charge < -0.3 is 4.90 Å². The molecule has 5 heteroatoms. The molecule has 1 heterocycles. The first kappa shape index (κ1) is 16.6. The summed E-state index contributed by atoms with van der Waals surface area (Å²) in [5, 5.41) is 7.28. The highest BCUT2D eigenvalue weighted by Gasteiger charge is 2.41. The predicted octanol–water partition coefficient (Wildman–Crippen LogP) is 3.22. The number of rotatable bonds is 4. The lowest BCUT2D eigenvalue weighted by Gasteiger charge is -2.35. The van der Waals surface area contributed by atoms with Gasteiger partial charge in [0, 0.05) is 24.8 Å². The molecule has 3 aliphatic rings. The summed E-state index contributed by atoms with van der Waals surface area (Å²) in [6, 6.07) is 0.693. The molecular formula is C20H28N4O. The van der Waals surface area contributed by atoms with Crippen molar-refractivity contribution in [3.05, 3.63) is 28.6 Å². The molecule has 0 saturated heterocycles. The average molecular weight is 340 g/mol. The van der Waals surface area contributed by atoms with Crippen molar-refractivity contribution < 1.29 is 4.79 Å². The van der Waals surface area contributed by atoms with Gasteiger partial charge in [-0.3, -0.25) is 14.9 Å². The van der Waals surface area contributed by atoms with Crippen LogP contribution in [0.4, 0.5) is 0 Å². The van der Waals surface area contributed by atoms with Crippen molar-refractivity contribution in [2.45, 2.75) is 76.8 Å². The second-order valence-electron chi connectivity index (χ2n) is 7.75. The molecule has 1 atom stereocenters. The fraction of sp³-hybridized carbons (Fsp3) is 0.650. The van der Waals surface area contributed by atoms with Gasteiger partial charge in [0.25, 0.3) is 5.91 Å². The molecule has 134 valence electrons. The van der Waals surface area contributed by atoms with E-state index < -0.39 is 0 Å². The van der Waals surface area contributed by atoms with Gasteiger partial charge in [0.15, 0.2) is 0 Å². The maximum Gasteiger partial charge on any atom is 0.272 e. The van der Waals surface area contributed by atoms with Crippen LogP contribution in [-0.2, 0) is 17.6 Å². The number of hydrogen-bond acceptors (Lipinski definition) is 3. The Balaban J connectivity index is 1.59.